The van der Waals surface area contributed by atoms with Crippen molar-refractivity contribution in [2.75, 3.05) is 7.05 Å². The molecule has 0 saturated heterocycles. The fourth-order valence-corrected chi connectivity index (χ4v) is 1.51. The van der Waals surface area contributed by atoms with Gasteiger partial charge in [-0.3, -0.25) is 9.48 Å². The normalized spacial score (nSPS) is 11.5. The van der Waals surface area contributed by atoms with Crippen molar-refractivity contribution in [2.45, 2.75) is 11.4 Å². The van der Waals surface area contributed by atoms with E-state index in [-0.39, 0.29) is 11.4 Å². The zero-order valence-electron chi connectivity index (χ0n) is 7.34. The van der Waals surface area contributed by atoms with Gasteiger partial charge in [-0.2, -0.15) is 5.10 Å². The summed E-state index contributed by atoms with van der Waals surface area (Å²) in [4.78, 5) is 10.2. The van der Waals surface area contributed by atoms with E-state index >= 15 is 0 Å². The van der Waals surface area contributed by atoms with E-state index in [1.54, 1.807) is 0 Å². The lowest BCUT2D eigenvalue weighted by molar-refractivity contribution is -0.137. The van der Waals surface area contributed by atoms with Gasteiger partial charge in [-0.25, -0.2) is 13.1 Å². The minimum absolute atomic E-state index is 0.0544. The monoisotopic (exact) mass is 219 g/mol. The zero-order valence-corrected chi connectivity index (χ0v) is 8.15. The molecular weight excluding hydrogens is 210 g/mol. The summed E-state index contributed by atoms with van der Waals surface area (Å²) in [5.74, 6) is -1.08. The molecule has 0 aliphatic carbocycles. The molecule has 0 amide bonds. The Balaban J connectivity index is 2.94. The molecule has 0 radical (unpaired) electrons. The Hall–Kier alpha value is -1.41. The summed E-state index contributed by atoms with van der Waals surface area (Å²) >= 11 is 0. The lowest BCUT2D eigenvalue weighted by Gasteiger charge is -1.96. The highest BCUT2D eigenvalue weighted by Gasteiger charge is 2.14. The zero-order chi connectivity index (χ0) is 10.8. The van der Waals surface area contributed by atoms with Gasteiger partial charge in [0.25, 0.3) is 0 Å². The van der Waals surface area contributed by atoms with E-state index in [4.69, 9.17) is 5.11 Å². The van der Waals surface area contributed by atoms with Gasteiger partial charge in [0.15, 0.2) is 0 Å². The third kappa shape index (κ3) is 2.30. The van der Waals surface area contributed by atoms with Crippen LogP contribution in [0.5, 0.6) is 0 Å². The number of aliphatic carboxylic acids is 1. The van der Waals surface area contributed by atoms with Crippen molar-refractivity contribution < 1.29 is 18.3 Å². The van der Waals surface area contributed by atoms with E-state index in [1.165, 1.54) is 7.05 Å². The molecule has 78 valence electrons. The summed E-state index contributed by atoms with van der Waals surface area (Å²) < 4.78 is 25.5. The van der Waals surface area contributed by atoms with E-state index in [1.807, 2.05) is 0 Å². The molecular formula is C6H9N3O4S. The topological polar surface area (TPSA) is 101 Å². The first-order valence-electron chi connectivity index (χ1n) is 3.63. The third-order valence-corrected chi connectivity index (χ3v) is 2.85. The van der Waals surface area contributed by atoms with Crippen molar-refractivity contribution in [1.29, 1.82) is 0 Å². The molecule has 0 atom stereocenters. The number of carbonyl (C=O) groups is 1. The van der Waals surface area contributed by atoms with Crippen LogP contribution in [-0.2, 0) is 21.4 Å². The van der Waals surface area contributed by atoms with Crippen LogP contribution in [0.15, 0.2) is 17.3 Å². The molecule has 1 heterocycles. The SMILES string of the molecule is CNS(=O)(=O)c1cnn(CC(=O)O)c1. The Bertz CT molecular complexity index is 436. The number of sulfonamides is 1. The first kappa shape index (κ1) is 10.7. The van der Waals surface area contributed by atoms with Crippen LogP contribution in [0.3, 0.4) is 0 Å². The second kappa shape index (κ2) is 3.76. The van der Waals surface area contributed by atoms with Gasteiger partial charge in [0, 0.05) is 6.20 Å². The van der Waals surface area contributed by atoms with Crippen LogP contribution in [0.4, 0.5) is 0 Å². The van der Waals surface area contributed by atoms with Gasteiger partial charge in [0.05, 0.1) is 6.20 Å². The molecule has 0 spiro atoms. The standard InChI is InChI=1S/C6H9N3O4S/c1-7-14(12,13)5-2-8-9(3-5)4-6(10)11/h2-3,7H,4H2,1H3,(H,10,11). The minimum Gasteiger partial charge on any atom is -0.480 e. The molecule has 14 heavy (non-hydrogen) atoms. The first-order chi connectivity index (χ1) is 6.45. The third-order valence-electron chi connectivity index (χ3n) is 1.49. The van der Waals surface area contributed by atoms with Gasteiger partial charge in [-0.1, -0.05) is 0 Å². The van der Waals surface area contributed by atoms with Gasteiger partial charge in [0.2, 0.25) is 10.0 Å². The first-order valence-corrected chi connectivity index (χ1v) is 5.12. The van der Waals surface area contributed by atoms with Crippen molar-refractivity contribution in [3.8, 4) is 0 Å². The lowest BCUT2D eigenvalue weighted by Crippen LogP contribution is -2.18. The van der Waals surface area contributed by atoms with Gasteiger partial charge in [-0.05, 0) is 7.05 Å². The maximum Gasteiger partial charge on any atom is 0.325 e. The Morgan fingerprint density at radius 2 is 2.36 bits per heavy atom. The molecule has 0 aliphatic rings. The van der Waals surface area contributed by atoms with Crippen molar-refractivity contribution in [2.24, 2.45) is 0 Å². The lowest BCUT2D eigenvalue weighted by atomic mass is 10.6. The summed E-state index contributed by atoms with van der Waals surface area (Å²) in [5, 5.41) is 12.0. The molecule has 0 aromatic carbocycles. The molecule has 1 rings (SSSR count). The molecule has 8 heteroatoms. The molecule has 1 aromatic heterocycles. The molecule has 0 fully saturated rings. The molecule has 2 N–H and O–H groups in total. The largest absolute Gasteiger partial charge is 0.480 e. The number of nitrogens with zero attached hydrogens (tertiary/aromatic N) is 2. The highest BCUT2D eigenvalue weighted by atomic mass is 32.2. The maximum atomic E-state index is 11.2. The summed E-state index contributed by atoms with van der Waals surface area (Å²) in [6, 6.07) is 0. The summed E-state index contributed by atoms with van der Waals surface area (Å²) in [6.07, 6.45) is 2.24. The molecule has 0 saturated carbocycles. The quantitative estimate of drug-likeness (QED) is 0.667. The minimum atomic E-state index is -3.54. The summed E-state index contributed by atoms with van der Waals surface area (Å²) in [6.45, 7) is -0.362. The number of rotatable bonds is 4. The Morgan fingerprint density at radius 1 is 1.71 bits per heavy atom. The molecule has 1 aromatic rings. The fourth-order valence-electron chi connectivity index (χ4n) is 0.826. The molecule has 0 unspecified atom stereocenters. The smallest absolute Gasteiger partial charge is 0.325 e. The molecule has 0 bridgehead atoms. The number of nitrogens with one attached hydrogen (secondary N) is 1. The van der Waals surface area contributed by atoms with Gasteiger partial charge in [0.1, 0.15) is 11.4 Å². The summed E-state index contributed by atoms with van der Waals surface area (Å²) in [7, 11) is -2.27. The number of carboxylic acids is 1. The van der Waals surface area contributed by atoms with Crippen molar-refractivity contribution in [3.63, 3.8) is 0 Å². The Kier molecular flexibility index (Phi) is 2.87. The van der Waals surface area contributed by atoms with Crippen LogP contribution in [-0.4, -0.2) is 36.3 Å². The van der Waals surface area contributed by atoms with E-state index in [9.17, 15) is 13.2 Å². The van der Waals surface area contributed by atoms with Gasteiger partial charge < -0.3 is 5.11 Å². The van der Waals surface area contributed by atoms with Crippen molar-refractivity contribution >= 4 is 16.0 Å². The highest BCUT2D eigenvalue weighted by molar-refractivity contribution is 7.89. The Labute approximate surface area is 80.4 Å². The van der Waals surface area contributed by atoms with Gasteiger partial charge >= 0.3 is 5.97 Å². The van der Waals surface area contributed by atoms with E-state index < -0.39 is 16.0 Å². The number of aromatic nitrogens is 2. The van der Waals surface area contributed by atoms with Crippen LogP contribution < -0.4 is 4.72 Å². The molecule has 7 nitrogen and oxygen atoms in total. The second-order valence-corrected chi connectivity index (χ2v) is 4.36. The van der Waals surface area contributed by atoms with Crippen LogP contribution in [0, 0.1) is 0 Å². The van der Waals surface area contributed by atoms with Crippen LogP contribution in [0.25, 0.3) is 0 Å². The second-order valence-electron chi connectivity index (χ2n) is 2.47. The van der Waals surface area contributed by atoms with Crippen LogP contribution in [0.1, 0.15) is 0 Å². The predicted octanol–water partition coefficient (Wildman–Crippen LogP) is -1.12. The Morgan fingerprint density at radius 3 is 2.86 bits per heavy atom. The van der Waals surface area contributed by atoms with Crippen molar-refractivity contribution in [1.82, 2.24) is 14.5 Å². The van der Waals surface area contributed by atoms with Crippen LogP contribution >= 0.6 is 0 Å². The van der Waals surface area contributed by atoms with E-state index in [2.05, 4.69) is 9.82 Å². The van der Waals surface area contributed by atoms with E-state index in [0.29, 0.717) is 0 Å². The number of carboxylic acid groups (broad SMARTS) is 1. The summed E-state index contributed by atoms with van der Waals surface area (Å²) in [5.41, 5.74) is 0. The number of hydrogen-bond acceptors (Lipinski definition) is 4. The predicted molar refractivity (Wildman–Crippen MR) is 46.1 cm³/mol. The average Bonchev–Trinajstić information content (AvgIpc) is 2.52. The van der Waals surface area contributed by atoms with Gasteiger partial charge in [-0.15, -0.1) is 0 Å². The maximum absolute atomic E-state index is 11.2. The van der Waals surface area contributed by atoms with E-state index in [0.717, 1.165) is 17.1 Å². The fraction of sp³-hybridized carbons (Fsp3) is 0.333. The van der Waals surface area contributed by atoms with Crippen molar-refractivity contribution in [3.05, 3.63) is 12.4 Å². The number of hydrogen-bond donors (Lipinski definition) is 2. The highest BCUT2D eigenvalue weighted by Crippen LogP contribution is 2.05. The average molecular weight is 219 g/mol. The molecule has 0 aliphatic heterocycles. The van der Waals surface area contributed by atoms with Crippen LogP contribution in [0.2, 0.25) is 0 Å².